The summed E-state index contributed by atoms with van der Waals surface area (Å²) >= 11 is 0. The highest BCUT2D eigenvalue weighted by molar-refractivity contribution is 5.95. The highest BCUT2D eigenvalue weighted by atomic mass is 19.4. The molecule has 1 aliphatic heterocycles. The summed E-state index contributed by atoms with van der Waals surface area (Å²) in [4.78, 5) is 22.5. The van der Waals surface area contributed by atoms with Crippen molar-refractivity contribution in [3.8, 4) is 0 Å². The summed E-state index contributed by atoms with van der Waals surface area (Å²) in [6.45, 7) is 3.11. The lowest BCUT2D eigenvalue weighted by atomic mass is 10.1. The molecule has 0 atom stereocenters. The van der Waals surface area contributed by atoms with Gasteiger partial charge in [-0.1, -0.05) is 0 Å². The van der Waals surface area contributed by atoms with Gasteiger partial charge in [0.1, 0.15) is 0 Å². The summed E-state index contributed by atoms with van der Waals surface area (Å²) in [6, 6.07) is 0. The van der Waals surface area contributed by atoms with Gasteiger partial charge in [-0.05, 0) is 0 Å². The molecule has 1 saturated heterocycles. The van der Waals surface area contributed by atoms with Crippen LogP contribution >= 0.6 is 0 Å². The number of carbonyl (C=O) groups excluding carboxylic acids is 1. The van der Waals surface area contributed by atoms with E-state index in [1.54, 1.807) is 7.11 Å². The minimum absolute atomic E-state index is 0.338. The van der Waals surface area contributed by atoms with Crippen molar-refractivity contribution in [1.82, 2.24) is 19.8 Å². The molecule has 0 spiro atoms. The van der Waals surface area contributed by atoms with E-state index in [4.69, 9.17) is 10.5 Å². The molecular formula is C13H18F3N5O2. The fourth-order valence-electron chi connectivity index (χ4n) is 2.33. The number of aromatic nitrogens is 2. The standard InChI is InChI=1S/C13H18F3N5O2/c1-23-7-6-20-2-4-21(5-3-20)11(22)9-8-18-12(17)19-10(9)13(14,15)16/h8H,2-7H2,1H3,(H2,17,18,19). The number of methoxy groups -OCH3 is 1. The number of hydrogen-bond acceptors (Lipinski definition) is 6. The highest BCUT2D eigenvalue weighted by Crippen LogP contribution is 2.31. The van der Waals surface area contributed by atoms with Crippen LogP contribution in [0.4, 0.5) is 19.1 Å². The van der Waals surface area contributed by atoms with Gasteiger partial charge in [0.05, 0.1) is 12.2 Å². The van der Waals surface area contributed by atoms with Crippen molar-refractivity contribution in [2.24, 2.45) is 0 Å². The molecule has 2 rings (SSSR count). The molecule has 2 heterocycles. The van der Waals surface area contributed by atoms with Crippen LogP contribution in [0.25, 0.3) is 0 Å². The van der Waals surface area contributed by atoms with Crippen molar-refractivity contribution in [1.29, 1.82) is 0 Å². The smallest absolute Gasteiger partial charge is 0.383 e. The number of nitrogens with zero attached hydrogens (tertiary/aromatic N) is 4. The first kappa shape index (κ1) is 17.4. The van der Waals surface area contributed by atoms with E-state index in [9.17, 15) is 18.0 Å². The summed E-state index contributed by atoms with van der Waals surface area (Å²) < 4.78 is 44.0. The van der Waals surface area contributed by atoms with E-state index in [1.165, 1.54) is 4.90 Å². The lowest BCUT2D eigenvalue weighted by molar-refractivity contribution is -0.141. The topological polar surface area (TPSA) is 84.6 Å². The van der Waals surface area contributed by atoms with Crippen LogP contribution in [-0.4, -0.2) is 72.1 Å². The highest BCUT2D eigenvalue weighted by Gasteiger charge is 2.39. The van der Waals surface area contributed by atoms with Gasteiger partial charge < -0.3 is 15.4 Å². The van der Waals surface area contributed by atoms with Gasteiger partial charge in [0.2, 0.25) is 5.95 Å². The van der Waals surface area contributed by atoms with Gasteiger partial charge in [0, 0.05) is 46.0 Å². The second-order valence-electron chi connectivity index (χ2n) is 5.11. The lowest BCUT2D eigenvalue weighted by Gasteiger charge is -2.34. The Kier molecular flexibility index (Phi) is 5.37. The third-order valence-electron chi connectivity index (χ3n) is 3.58. The summed E-state index contributed by atoms with van der Waals surface area (Å²) in [5.41, 5.74) is 3.34. The zero-order valence-corrected chi connectivity index (χ0v) is 12.6. The first-order valence-electron chi connectivity index (χ1n) is 7.03. The molecule has 1 aromatic heterocycles. The molecule has 10 heteroatoms. The Morgan fingerprint density at radius 2 is 2.00 bits per heavy atom. The second kappa shape index (κ2) is 7.09. The normalized spacial score (nSPS) is 16.6. The largest absolute Gasteiger partial charge is 0.434 e. The summed E-state index contributed by atoms with van der Waals surface area (Å²) in [5.74, 6) is -1.25. The number of nitrogens with two attached hydrogens (primary N) is 1. The average Bonchev–Trinajstić information content (AvgIpc) is 2.52. The van der Waals surface area contributed by atoms with Crippen LogP contribution in [0.1, 0.15) is 16.1 Å². The van der Waals surface area contributed by atoms with Crippen molar-refractivity contribution < 1.29 is 22.7 Å². The molecule has 0 saturated carbocycles. The van der Waals surface area contributed by atoms with E-state index in [0.717, 1.165) is 12.7 Å². The van der Waals surface area contributed by atoms with Crippen molar-refractivity contribution >= 4 is 11.9 Å². The number of rotatable bonds is 4. The van der Waals surface area contributed by atoms with E-state index >= 15 is 0 Å². The quantitative estimate of drug-likeness (QED) is 0.863. The molecular weight excluding hydrogens is 315 g/mol. The number of nitrogen functional groups attached to an aromatic ring is 1. The third kappa shape index (κ3) is 4.29. The van der Waals surface area contributed by atoms with Gasteiger partial charge in [0.25, 0.3) is 5.91 Å². The van der Waals surface area contributed by atoms with Gasteiger partial charge in [-0.15, -0.1) is 0 Å². The second-order valence-corrected chi connectivity index (χ2v) is 5.11. The van der Waals surface area contributed by atoms with Crippen LogP contribution in [0, 0.1) is 0 Å². The molecule has 0 aliphatic carbocycles. The number of hydrogen-bond donors (Lipinski definition) is 1. The van der Waals surface area contributed by atoms with Crippen LogP contribution in [0.2, 0.25) is 0 Å². The van der Waals surface area contributed by atoms with Crippen LogP contribution < -0.4 is 5.73 Å². The SMILES string of the molecule is COCCN1CCN(C(=O)c2cnc(N)nc2C(F)(F)F)CC1. The molecule has 23 heavy (non-hydrogen) atoms. The van der Waals surface area contributed by atoms with Gasteiger partial charge in [-0.25, -0.2) is 9.97 Å². The number of anilines is 1. The molecule has 1 aliphatic rings. The van der Waals surface area contributed by atoms with Crippen molar-refractivity contribution in [2.75, 3.05) is 52.2 Å². The third-order valence-corrected chi connectivity index (χ3v) is 3.58. The van der Waals surface area contributed by atoms with Gasteiger partial charge >= 0.3 is 6.18 Å². The minimum Gasteiger partial charge on any atom is -0.383 e. The molecule has 1 amide bonds. The number of halogens is 3. The maximum absolute atomic E-state index is 13.0. The van der Waals surface area contributed by atoms with Gasteiger partial charge in [-0.2, -0.15) is 13.2 Å². The van der Waals surface area contributed by atoms with E-state index in [-0.39, 0.29) is 0 Å². The summed E-state index contributed by atoms with van der Waals surface area (Å²) in [5, 5.41) is 0. The molecule has 1 aromatic rings. The molecule has 1 fully saturated rings. The average molecular weight is 333 g/mol. The molecule has 0 unspecified atom stereocenters. The van der Waals surface area contributed by atoms with Gasteiger partial charge in [-0.3, -0.25) is 9.69 Å². The number of amides is 1. The van der Waals surface area contributed by atoms with Gasteiger partial charge in [0.15, 0.2) is 5.69 Å². The Morgan fingerprint density at radius 3 is 2.57 bits per heavy atom. The van der Waals surface area contributed by atoms with Crippen molar-refractivity contribution in [3.63, 3.8) is 0 Å². The molecule has 128 valence electrons. The Hall–Kier alpha value is -1.94. The predicted octanol–water partition coefficient (Wildman–Crippen LogP) is 0.482. The number of carbonyl (C=O) groups is 1. The monoisotopic (exact) mass is 333 g/mol. The number of ether oxygens (including phenoxy) is 1. The van der Waals surface area contributed by atoms with E-state index in [1.807, 2.05) is 0 Å². The minimum atomic E-state index is -4.76. The first-order valence-corrected chi connectivity index (χ1v) is 7.03. The Bertz CT molecular complexity index is 559. The Morgan fingerprint density at radius 1 is 1.35 bits per heavy atom. The van der Waals surface area contributed by atoms with Crippen LogP contribution in [0.5, 0.6) is 0 Å². The zero-order valence-electron chi connectivity index (χ0n) is 12.6. The summed E-state index contributed by atoms with van der Waals surface area (Å²) in [7, 11) is 1.60. The molecule has 0 bridgehead atoms. The molecule has 7 nitrogen and oxygen atoms in total. The van der Waals surface area contributed by atoms with Crippen LogP contribution in [-0.2, 0) is 10.9 Å². The Labute approximate surface area is 131 Å². The van der Waals surface area contributed by atoms with Crippen molar-refractivity contribution in [2.45, 2.75) is 6.18 Å². The first-order chi connectivity index (χ1) is 10.8. The van der Waals surface area contributed by atoms with E-state index in [0.29, 0.717) is 32.8 Å². The van der Waals surface area contributed by atoms with E-state index in [2.05, 4.69) is 14.9 Å². The fraction of sp³-hybridized carbons (Fsp3) is 0.615. The van der Waals surface area contributed by atoms with Crippen LogP contribution in [0.15, 0.2) is 6.20 Å². The lowest BCUT2D eigenvalue weighted by Crippen LogP contribution is -2.49. The molecule has 2 N–H and O–H groups in total. The zero-order chi connectivity index (χ0) is 17.0. The predicted molar refractivity (Wildman–Crippen MR) is 75.7 cm³/mol. The number of piperazine rings is 1. The maximum Gasteiger partial charge on any atom is 0.434 e. The van der Waals surface area contributed by atoms with E-state index < -0.39 is 29.3 Å². The molecule has 0 radical (unpaired) electrons. The van der Waals surface area contributed by atoms with Crippen LogP contribution in [0.3, 0.4) is 0 Å². The van der Waals surface area contributed by atoms with Crippen molar-refractivity contribution in [3.05, 3.63) is 17.5 Å². The Balaban J connectivity index is 2.10. The fourth-order valence-corrected chi connectivity index (χ4v) is 2.33. The molecule has 0 aromatic carbocycles. The summed E-state index contributed by atoms with van der Waals surface area (Å²) in [6.07, 6.45) is -3.92. The number of alkyl halides is 3. The maximum atomic E-state index is 13.0.